The Labute approximate surface area is 186 Å². The Kier molecular flexibility index (Phi) is 8.45. The first-order valence-corrected chi connectivity index (χ1v) is 12.3. The Hall–Kier alpha value is -2.42. The molecule has 2 aromatic carbocycles. The lowest BCUT2D eigenvalue weighted by molar-refractivity contribution is 0.198. The fraction of sp³-hybridized carbons (Fsp3) is 0.435. The molecule has 8 heteroatoms. The van der Waals surface area contributed by atoms with Crippen LogP contribution in [0.4, 0.5) is 0 Å². The van der Waals surface area contributed by atoms with Gasteiger partial charge in [-0.3, -0.25) is 4.90 Å². The number of guanidine groups is 1. The second-order valence-electron chi connectivity index (χ2n) is 7.73. The Balaban J connectivity index is 1.52. The highest BCUT2D eigenvalue weighted by molar-refractivity contribution is 7.89. The molecule has 0 saturated carbocycles. The second-order valence-corrected chi connectivity index (χ2v) is 9.61. The van der Waals surface area contributed by atoms with E-state index in [9.17, 15) is 8.42 Å². The van der Waals surface area contributed by atoms with Gasteiger partial charge in [0.25, 0.3) is 0 Å². The van der Waals surface area contributed by atoms with Crippen LogP contribution in [0.2, 0.25) is 0 Å². The van der Waals surface area contributed by atoms with Gasteiger partial charge in [0.05, 0.1) is 11.4 Å². The van der Waals surface area contributed by atoms with Crippen molar-refractivity contribution in [3.05, 3.63) is 65.7 Å². The quantitative estimate of drug-likeness (QED) is 0.431. The Morgan fingerprint density at radius 2 is 1.71 bits per heavy atom. The molecule has 1 saturated heterocycles. The van der Waals surface area contributed by atoms with Gasteiger partial charge >= 0.3 is 0 Å². The Morgan fingerprint density at radius 3 is 2.32 bits per heavy atom. The van der Waals surface area contributed by atoms with E-state index in [0.717, 1.165) is 50.5 Å². The number of benzene rings is 2. The van der Waals surface area contributed by atoms with Crippen LogP contribution in [0.3, 0.4) is 0 Å². The number of nitrogens with zero attached hydrogens (tertiary/aromatic N) is 2. The molecule has 0 amide bonds. The van der Waals surface area contributed by atoms with Gasteiger partial charge in [0.1, 0.15) is 0 Å². The molecule has 0 bridgehead atoms. The van der Waals surface area contributed by atoms with Crippen molar-refractivity contribution in [2.24, 2.45) is 4.99 Å². The molecule has 2 aromatic rings. The van der Waals surface area contributed by atoms with Crippen molar-refractivity contribution in [2.45, 2.75) is 43.8 Å². The van der Waals surface area contributed by atoms with Gasteiger partial charge in [-0.1, -0.05) is 42.5 Å². The normalized spacial score (nSPS) is 16.3. The molecule has 3 rings (SSSR count). The number of hydrogen-bond acceptors (Lipinski definition) is 4. The molecular weight excluding hydrogens is 410 g/mol. The fourth-order valence-electron chi connectivity index (χ4n) is 3.65. The molecule has 1 aliphatic heterocycles. The molecule has 0 unspecified atom stereocenters. The van der Waals surface area contributed by atoms with Crippen LogP contribution in [0.25, 0.3) is 0 Å². The maximum Gasteiger partial charge on any atom is 0.240 e. The lowest BCUT2D eigenvalue weighted by Gasteiger charge is -2.33. The lowest BCUT2D eigenvalue weighted by atomic mass is 10.0. The first kappa shape index (κ1) is 23.2. The van der Waals surface area contributed by atoms with Crippen molar-refractivity contribution in [3.8, 4) is 0 Å². The fourth-order valence-corrected chi connectivity index (χ4v) is 4.38. The standard InChI is InChI=1S/C23H33N5O2S/c1-3-25-23(26-17-19-9-11-22(12-10-19)31(29,30)24-2)27-21-13-15-28(16-14-21)18-20-7-5-4-6-8-20/h4-12,21,24H,3,13-18H2,1-2H3,(H2,25,26,27). The minimum absolute atomic E-state index is 0.259. The summed E-state index contributed by atoms with van der Waals surface area (Å²) in [5.74, 6) is 0.802. The first-order chi connectivity index (χ1) is 15.0. The average Bonchev–Trinajstić information content (AvgIpc) is 2.80. The summed E-state index contributed by atoms with van der Waals surface area (Å²) in [6.07, 6.45) is 2.15. The highest BCUT2D eigenvalue weighted by Crippen LogP contribution is 2.14. The molecule has 0 radical (unpaired) electrons. The Morgan fingerprint density at radius 1 is 1.03 bits per heavy atom. The molecule has 3 N–H and O–H groups in total. The topological polar surface area (TPSA) is 85.8 Å². The number of sulfonamides is 1. The van der Waals surface area contributed by atoms with Gasteiger partial charge in [-0.15, -0.1) is 0 Å². The van der Waals surface area contributed by atoms with Gasteiger partial charge < -0.3 is 10.6 Å². The molecule has 0 aliphatic carbocycles. The van der Waals surface area contributed by atoms with Crippen molar-refractivity contribution in [1.29, 1.82) is 0 Å². The number of likely N-dealkylation sites (tertiary alicyclic amines) is 1. The average molecular weight is 444 g/mol. The molecule has 168 valence electrons. The van der Waals surface area contributed by atoms with E-state index in [2.05, 4.69) is 57.5 Å². The van der Waals surface area contributed by atoms with Gasteiger partial charge in [0, 0.05) is 32.2 Å². The van der Waals surface area contributed by atoms with Crippen molar-refractivity contribution in [2.75, 3.05) is 26.7 Å². The number of rotatable bonds is 8. The number of piperidine rings is 1. The van der Waals surface area contributed by atoms with Crippen molar-refractivity contribution in [3.63, 3.8) is 0 Å². The van der Waals surface area contributed by atoms with E-state index in [0.29, 0.717) is 12.6 Å². The summed E-state index contributed by atoms with van der Waals surface area (Å²) in [6.45, 7) is 6.46. The molecule has 1 fully saturated rings. The third-order valence-electron chi connectivity index (χ3n) is 5.44. The van der Waals surface area contributed by atoms with Gasteiger partial charge in [0.2, 0.25) is 10.0 Å². The predicted molar refractivity (Wildman–Crippen MR) is 125 cm³/mol. The van der Waals surface area contributed by atoms with E-state index in [1.165, 1.54) is 12.6 Å². The summed E-state index contributed by atoms with van der Waals surface area (Å²) in [7, 11) is -2.00. The number of hydrogen-bond donors (Lipinski definition) is 3. The van der Waals surface area contributed by atoms with Gasteiger partial charge in [-0.25, -0.2) is 18.1 Å². The van der Waals surface area contributed by atoms with E-state index in [1.807, 2.05) is 0 Å². The summed E-state index contributed by atoms with van der Waals surface area (Å²) >= 11 is 0. The van der Waals surface area contributed by atoms with Gasteiger partial charge in [0.15, 0.2) is 5.96 Å². The predicted octanol–water partition coefficient (Wildman–Crippen LogP) is 2.31. The number of nitrogens with one attached hydrogen (secondary N) is 3. The smallest absolute Gasteiger partial charge is 0.240 e. The van der Waals surface area contributed by atoms with Gasteiger partial charge in [-0.05, 0) is 50.1 Å². The maximum absolute atomic E-state index is 11.8. The zero-order valence-electron chi connectivity index (χ0n) is 18.3. The van der Waals surface area contributed by atoms with E-state index in [1.54, 1.807) is 24.3 Å². The molecule has 0 spiro atoms. The van der Waals surface area contributed by atoms with Crippen LogP contribution in [0, 0.1) is 0 Å². The van der Waals surface area contributed by atoms with Crippen LogP contribution in [0.5, 0.6) is 0 Å². The van der Waals surface area contributed by atoms with Crippen molar-refractivity contribution in [1.82, 2.24) is 20.3 Å². The summed E-state index contributed by atoms with van der Waals surface area (Å²) in [4.78, 5) is 7.45. The van der Waals surface area contributed by atoms with Gasteiger partial charge in [-0.2, -0.15) is 0 Å². The Bertz CT molecular complexity index is 938. The van der Waals surface area contributed by atoms with Crippen LogP contribution in [-0.4, -0.2) is 52.0 Å². The van der Waals surface area contributed by atoms with Crippen molar-refractivity contribution < 1.29 is 8.42 Å². The summed E-state index contributed by atoms with van der Waals surface area (Å²) in [6, 6.07) is 17.8. The summed E-state index contributed by atoms with van der Waals surface area (Å²) in [5.41, 5.74) is 2.32. The number of aliphatic imine (C=N–C) groups is 1. The van der Waals surface area contributed by atoms with Crippen LogP contribution in [-0.2, 0) is 23.1 Å². The maximum atomic E-state index is 11.8. The summed E-state index contributed by atoms with van der Waals surface area (Å²) in [5, 5.41) is 6.88. The van der Waals surface area contributed by atoms with Crippen LogP contribution in [0.15, 0.2) is 64.5 Å². The SMILES string of the molecule is CCNC(=NCc1ccc(S(=O)(=O)NC)cc1)NC1CCN(Cc2ccccc2)CC1. The van der Waals surface area contributed by atoms with Crippen molar-refractivity contribution >= 4 is 16.0 Å². The van der Waals surface area contributed by atoms with Crippen LogP contribution < -0.4 is 15.4 Å². The third kappa shape index (κ3) is 7.05. The molecule has 1 aliphatic rings. The minimum atomic E-state index is -3.41. The van der Waals surface area contributed by atoms with Crippen LogP contribution >= 0.6 is 0 Å². The molecule has 0 atom stereocenters. The monoisotopic (exact) mass is 443 g/mol. The zero-order valence-corrected chi connectivity index (χ0v) is 19.2. The first-order valence-electron chi connectivity index (χ1n) is 10.8. The molecule has 7 nitrogen and oxygen atoms in total. The van der Waals surface area contributed by atoms with Crippen LogP contribution in [0.1, 0.15) is 30.9 Å². The highest BCUT2D eigenvalue weighted by Gasteiger charge is 2.20. The lowest BCUT2D eigenvalue weighted by Crippen LogP contribution is -2.48. The molecular formula is C23H33N5O2S. The summed E-state index contributed by atoms with van der Waals surface area (Å²) < 4.78 is 26.0. The minimum Gasteiger partial charge on any atom is -0.357 e. The third-order valence-corrected chi connectivity index (χ3v) is 6.87. The molecule has 0 aromatic heterocycles. The molecule has 31 heavy (non-hydrogen) atoms. The van der Waals surface area contributed by atoms with E-state index < -0.39 is 10.0 Å². The zero-order chi connectivity index (χ0) is 22.1. The molecule has 1 heterocycles. The second kappa shape index (κ2) is 11.3. The largest absolute Gasteiger partial charge is 0.357 e. The van der Waals surface area contributed by atoms with E-state index >= 15 is 0 Å². The highest BCUT2D eigenvalue weighted by atomic mass is 32.2. The van der Waals surface area contributed by atoms with E-state index in [4.69, 9.17) is 4.99 Å². The van der Waals surface area contributed by atoms with E-state index in [-0.39, 0.29) is 4.90 Å².